The minimum absolute atomic E-state index is 0.403. The molecule has 4 heteroatoms. The van der Waals surface area contributed by atoms with Crippen LogP contribution in [0.25, 0.3) is 0 Å². The largest absolute Gasteiger partial charge is 0.468 e. The Morgan fingerprint density at radius 3 is 3.00 bits per heavy atom. The van der Waals surface area contributed by atoms with Crippen molar-refractivity contribution in [3.05, 3.63) is 42.4 Å². The van der Waals surface area contributed by atoms with Crippen LogP contribution in [0.2, 0.25) is 0 Å². The van der Waals surface area contributed by atoms with E-state index in [4.69, 9.17) is 4.42 Å². The summed E-state index contributed by atoms with van der Waals surface area (Å²) in [6.45, 7) is 7.63. The summed E-state index contributed by atoms with van der Waals surface area (Å²) in [7, 11) is 0. The molecule has 1 unspecified atom stereocenters. The molecule has 0 saturated carbocycles. The second-order valence-electron chi connectivity index (χ2n) is 6.78. The van der Waals surface area contributed by atoms with Crippen molar-refractivity contribution < 1.29 is 4.42 Å². The normalized spacial score (nSPS) is 20.4. The monoisotopic (exact) mass is 301 g/mol. The lowest BCUT2D eigenvalue weighted by atomic mass is 10.1. The van der Waals surface area contributed by atoms with Crippen LogP contribution in [0.3, 0.4) is 0 Å². The molecule has 2 aromatic heterocycles. The Labute approximate surface area is 133 Å². The highest BCUT2D eigenvalue weighted by Crippen LogP contribution is 2.31. The van der Waals surface area contributed by atoms with Crippen LogP contribution in [0.4, 0.5) is 0 Å². The summed E-state index contributed by atoms with van der Waals surface area (Å²) < 4.78 is 8.01. The van der Waals surface area contributed by atoms with Crippen molar-refractivity contribution in [2.75, 3.05) is 6.54 Å². The zero-order chi connectivity index (χ0) is 15.4. The average molecular weight is 301 g/mol. The molecule has 1 aliphatic heterocycles. The van der Waals surface area contributed by atoms with Crippen molar-refractivity contribution in [3.8, 4) is 0 Å². The van der Waals surface area contributed by atoms with Crippen molar-refractivity contribution in [2.45, 2.75) is 58.7 Å². The number of rotatable bonds is 5. The molecule has 120 valence electrons. The fourth-order valence-corrected chi connectivity index (χ4v) is 3.41. The molecule has 0 spiro atoms. The second kappa shape index (κ2) is 7.14. The van der Waals surface area contributed by atoms with Gasteiger partial charge in [0.25, 0.3) is 0 Å². The van der Waals surface area contributed by atoms with Crippen LogP contribution in [-0.4, -0.2) is 21.0 Å². The average Bonchev–Trinajstić information content (AvgIpc) is 3.09. The molecule has 1 atom stereocenters. The molecule has 4 nitrogen and oxygen atoms in total. The lowest BCUT2D eigenvalue weighted by Crippen LogP contribution is -2.29. The Balaban J connectivity index is 1.77. The number of furan rings is 1. The highest BCUT2D eigenvalue weighted by Gasteiger charge is 2.25. The molecule has 1 aliphatic rings. The summed E-state index contributed by atoms with van der Waals surface area (Å²) in [6, 6.07) is 4.52. The first-order valence-electron chi connectivity index (χ1n) is 8.50. The quantitative estimate of drug-likeness (QED) is 0.828. The predicted molar refractivity (Wildman–Crippen MR) is 87.4 cm³/mol. The van der Waals surface area contributed by atoms with E-state index in [1.54, 1.807) is 6.26 Å². The molecule has 22 heavy (non-hydrogen) atoms. The Morgan fingerprint density at radius 1 is 1.32 bits per heavy atom. The summed E-state index contributed by atoms with van der Waals surface area (Å²) in [4.78, 5) is 6.93. The summed E-state index contributed by atoms with van der Waals surface area (Å²) in [5.41, 5.74) is 1.31. The van der Waals surface area contributed by atoms with Crippen LogP contribution in [0.15, 0.2) is 35.3 Å². The zero-order valence-electron chi connectivity index (χ0n) is 13.7. The zero-order valence-corrected chi connectivity index (χ0v) is 13.7. The molecule has 0 N–H and O–H groups in total. The Morgan fingerprint density at radius 2 is 2.23 bits per heavy atom. The van der Waals surface area contributed by atoms with Gasteiger partial charge in [-0.25, -0.2) is 4.98 Å². The summed E-state index contributed by atoms with van der Waals surface area (Å²) >= 11 is 0. The van der Waals surface area contributed by atoms with Crippen LogP contribution in [0.1, 0.15) is 57.0 Å². The van der Waals surface area contributed by atoms with Gasteiger partial charge in [-0.2, -0.15) is 0 Å². The van der Waals surface area contributed by atoms with E-state index >= 15 is 0 Å². The van der Waals surface area contributed by atoms with Crippen LogP contribution in [0.5, 0.6) is 0 Å². The van der Waals surface area contributed by atoms with Gasteiger partial charge in [0.05, 0.1) is 24.3 Å². The van der Waals surface area contributed by atoms with E-state index in [1.165, 1.54) is 31.4 Å². The van der Waals surface area contributed by atoms with Crippen LogP contribution < -0.4 is 0 Å². The molecule has 0 amide bonds. The van der Waals surface area contributed by atoms with Gasteiger partial charge in [0.15, 0.2) is 0 Å². The molecule has 3 heterocycles. The van der Waals surface area contributed by atoms with E-state index in [0.717, 1.165) is 25.4 Å². The first-order chi connectivity index (χ1) is 10.7. The van der Waals surface area contributed by atoms with Crippen LogP contribution >= 0.6 is 0 Å². The third-order valence-corrected chi connectivity index (χ3v) is 4.46. The third kappa shape index (κ3) is 3.61. The Hall–Kier alpha value is -1.55. The number of nitrogens with zero attached hydrogens (tertiary/aromatic N) is 3. The van der Waals surface area contributed by atoms with Gasteiger partial charge in [-0.1, -0.05) is 26.7 Å². The number of hydrogen-bond donors (Lipinski definition) is 0. The van der Waals surface area contributed by atoms with Gasteiger partial charge in [0, 0.05) is 19.3 Å². The molecule has 3 rings (SSSR count). The molecule has 1 saturated heterocycles. The van der Waals surface area contributed by atoms with Gasteiger partial charge in [-0.3, -0.25) is 4.90 Å². The van der Waals surface area contributed by atoms with Gasteiger partial charge in [-0.05, 0) is 37.4 Å². The van der Waals surface area contributed by atoms with Gasteiger partial charge in [-0.15, -0.1) is 0 Å². The lowest BCUT2D eigenvalue weighted by Gasteiger charge is -2.28. The lowest BCUT2D eigenvalue weighted by molar-refractivity contribution is 0.165. The molecule has 0 bridgehead atoms. The number of aromatic nitrogens is 2. The number of likely N-dealkylation sites (tertiary alicyclic amines) is 1. The Bertz CT molecular complexity index is 559. The van der Waals surface area contributed by atoms with Crippen LogP contribution in [-0.2, 0) is 13.1 Å². The maximum Gasteiger partial charge on any atom is 0.120 e. The van der Waals surface area contributed by atoms with Crippen molar-refractivity contribution in [2.24, 2.45) is 5.92 Å². The molecule has 0 aromatic carbocycles. The van der Waals surface area contributed by atoms with Gasteiger partial charge >= 0.3 is 0 Å². The molecule has 0 aliphatic carbocycles. The molecule has 1 fully saturated rings. The molecule has 2 aromatic rings. The fourth-order valence-electron chi connectivity index (χ4n) is 3.41. The van der Waals surface area contributed by atoms with Crippen molar-refractivity contribution in [1.29, 1.82) is 0 Å². The smallest absolute Gasteiger partial charge is 0.120 e. The fraction of sp³-hybridized carbons (Fsp3) is 0.611. The van der Waals surface area contributed by atoms with Crippen molar-refractivity contribution >= 4 is 0 Å². The SMILES string of the molecule is CC(C)Cn1cncc1CN1CCCCCC1c1ccco1. The first-order valence-corrected chi connectivity index (χ1v) is 8.50. The number of imidazole rings is 1. The summed E-state index contributed by atoms with van der Waals surface area (Å²) in [5, 5.41) is 0. The maximum absolute atomic E-state index is 5.71. The summed E-state index contributed by atoms with van der Waals surface area (Å²) in [5.74, 6) is 1.75. The second-order valence-corrected chi connectivity index (χ2v) is 6.78. The predicted octanol–water partition coefficient (Wildman–Crippen LogP) is 4.25. The minimum Gasteiger partial charge on any atom is -0.468 e. The van der Waals surface area contributed by atoms with E-state index in [1.807, 2.05) is 18.6 Å². The van der Waals surface area contributed by atoms with Crippen molar-refractivity contribution in [1.82, 2.24) is 14.5 Å². The van der Waals surface area contributed by atoms with E-state index in [0.29, 0.717) is 12.0 Å². The van der Waals surface area contributed by atoms with Crippen LogP contribution in [0, 0.1) is 5.92 Å². The van der Waals surface area contributed by atoms with E-state index in [2.05, 4.69) is 34.4 Å². The van der Waals surface area contributed by atoms with Gasteiger partial charge in [0.1, 0.15) is 5.76 Å². The number of hydrogen-bond acceptors (Lipinski definition) is 3. The van der Waals surface area contributed by atoms with Crippen molar-refractivity contribution in [3.63, 3.8) is 0 Å². The first kappa shape index (κ1) is 15.3. The van der Waals surface area contributed by atoms with E-state index in [9.17, 15) is 0 Å². The van der Waals surface area contributed by atoms with Gasteiger partial charge < -0.3 is 8.98 Å². The van der Waals surface area contributed by atoms with Gasteiger partial charge in [0.2, 0.25) is 0 Å². The third-order valence-electron chi connectivity index (χ3n) is 4.46. The topological polar surface area (TPSA) is 34.2 Å². The molecular formula is C18H27N3O. The van der Waals surface area contributed by atoms with E-state index in [-0.39, 0.29) is 0 Å². The summed E-state index contributed by atoms with van der Waals surface area (Å²) in [6.07, 6.45) is 10.8. The highest BCUT2D eigenvalue weighted by molar-refractivity contribution is 5.07. The minimum atomic E-state index is 0.403. The molecular weight excluding hydrogens is 274 g/mol. The highest BCUT2D eigenvalue weighted by atomic mass is 16.3. The van der Waals surface area contributed by atoms with E-state index < -0.39 is 0 Å². The Kier molecular flexibility index (Phi) is 4.98. The maximum atomic E-state index is 5.71. The standard InChI is InChI=1S/C18H27N3O/c1-15(2)12-21-14-19-11-16(21)13-20-9-5-3-4-7-17(20)18-8-6-10-22-18/h6,8,10-11,14-15,17H,3-5,7,9,12-13H2,1-2H3. The molecule has 0 radical (unpaired) electrons.